The van der Waals surface area contributed by atoms with Crippen LogP contribution in [0.15, 0.2) is 0 Å². The molecule has 0 heterocycles. The number of hydrogen-bond donors (Lipinski definition) is 9. The molecule has 0 bridgehead atoms. The molecule has 0 aliphatic heterocycles. The predicted octanol–water partition coefficient (Wildman–Crippen LogP) is -4.48. The van der Waals surface area contributed by atoms with Gasteiger partial charge in [0.05, 0.1) is 19.1 Å². The van der Waals surface area contributed by atoms with E-state index in [4.69, 9.17) is 26.8 Å². The molecule has 0 aliphatic rings. The number of nitrogens with two attached hydrogens (primary N) is 2. The third-order valence-corrected chi connectivity index (χ3v) is 4.05. The number of aliphatic hydroxyl groups is 1. The number of primary amides is 1. The number of carbonyl (C=O) groups is 6. The number of carboxylic acids is 2. The number of carboxylic acid groups (broad SMARTS) is 2. The van der Waals surface area contributed by atoms with Gasteiger partial charge < -0.3 is 42.7 Å². The molecule has 0 fully saturated rings. The maximum Gasteiger partial charge on any atom is 0.328 e. The summed E-state index contributed by atoms with van der Waals surface area (Å²) in [6.45, 7) is -0.978. The van der Waals surface area contributed by atoms with Crippen LogP contribution >= 0.6 is 12.6 Å². The van der Waals surface area contributed by atoms with Crippen molar-refractivity contribution in [2.75, 3.05) is 12.4 Å². The molecule has 0 aromatic heterocycles. The summed E-state index contributed by atoms with van der Waals surface area (Å²) in [6, 6.07) is -5.95. The molecule has 0 radical (unpaired) electrons. The Bertz CT molecular complexity index is 675. The number of thiol groups is 1. The van der Waals surface area contributed by atoms with Crippen molar-refractivity contribution in [2.45, 2.75) is 43.4 Å². The first-order valence-corrected chi connectivity index (χ1v) is 9.17. The Morgan fingerprint density at radius 1 is 0.867 bits per heavy atom. The minimum absolute atomic E-state index is 0.0578. The zero-order valence-corrected chi connectivity index (χ0v) is 16.6. The Kier molecular flexibility index (Phi) is 12.0. The SMILES string of the molecule is NC(=O)CCC(NC(=O)C(N)CS)C(=O)NC(CC(=O)O)C(=O)NC(CO)C(=O)O. The van der Waals surface area contributed by atoms with Crippen LogP contribution in [0, 0.1) is 0 Å². The van der Waals surface area contributed by atoms with Crippen LogP contribution in [-0.4, -0.2) is 87.4 Å². The molecule has 4 unspecified atom stereocenters. The van der Waals surface area contributed by atoms with E-state index < -0.39 is 72.8 Å². The third kappa shape index (κ3) is 10.0. The summed E-state index contributed by atoms with van der Waals surface area (Å²) in [4.78, 5) is 69.6. The summed E-state index contributed by atoms with van der Waals surface area (Å²) in [5.41, 5.74) is 10.5. The Morgan fingerprint density at radius 2 is 1.37 bits per heavy atom. The minimum atomic E-state index is -1.74. The molecular weight excluding hydrogens is 426 g/mol. The molecule has 10 N–H and O–H groups in total. The molecule has 0 rings (SSSR count). The highest BCUT2D eigenvalue weighted by molar-refractivity contribution is 7.80. The lowest BCUT2D eigenvalue weighted by Crippen LogP contribution is -2.58. The van der Waals surface area contributed by atoms with E-state index in [1.54, 1.807) is 0 Å². The van der Waals surface area contributed by atoms with Crippen molar-refractivity contribution in [3.05, 3.63) is 0 Å². The van der Waals surface area contributed by atoms with Crippen LogP contribution in [0.5, 0.6) is 0 Å². The van der Waals surface area contributed by atoms with E-state index in [1.165, 1.54) is 0 Å². The number of rotatable bonds is 14. The van der Waals surface area contributed by atoms with Gasteiger partial charge in [-0.05, 0) is 6.42 Å². The normalized spacial score (nSPS) is 14.5. The Balaban J connectivity index is 5.44. The van der Waals surface area contributed by atoms with Crippen molar-refractivity contribution in [1.82, 2.24) is 16.0 Å². The van der Waals surface area contributed by atoms with Crippen LogP contribution < -0.4 is 27.4 Å². The van der Waals surface area contributed by atoms with E-state index >= 15 is 0 Å². The first-order chi connectivity index (χ1) is 13.9. The van der Waals surface area contributed by atoms with E-state index in [9.17, 15) is 28.8 Å². The van der Waals surface area contributed by atoms with Crippen molar-refractivity contribution in [3.63, 3.8) is 0 Å². The highest BCUT2D eigenvalue weighted by Crippen LogP contribution is 2.02. The first kappa shape index (κ1) is 27.1. The van der Waals surface area contributed by atoms with Gasteiger partial charge in [-0.25, -0.2) is 4.79 Å². The molecule has 30 heavy (non-hydrogen) atoms. The average Bonchev–Trinajstić information content (AvgIpc) is 2.66. The quantitative estimate of drug-likeness (QED) is 0.114. The van der Waals surface area contributed by atoms with E-state index in [2.05, 4.69) is 23.3 Å². The Morgan fingerprint density at radius 3 is 1.80 bits per heavy atom. The molecule has 0 aliphatic carbocycles. The average molecular weight is 451 g/mol. The summed E-state index contributed by atoms with van der Waals surface area (Å²) in [6.07, 6.45) is -1.53. The summed E-state index contributed by atoms with van der Waals surface area (Å²) >= 11 is 3.84. The van der Waals surface area contributed by atoms with Gasteiger partial charge >= 0.3 is 11.9 Å². The fourth-order valence-electron chi connectivity index (χ4n) is 2.03. The standard InChI is InChI=1S/C15H25N5O9S/c16-6(5-30)12(25)18-7(1-2-10(17)22)13(26)19-8(3-11(23)24)14(27)20-9(4-21)15(28)29/h6-9,21,30H,1-5,16H2,(H2,17,22)(H,18,25)(H,19,26)(H,20,27)(H,23,24)(H,28,29). The maximum atomic E-state index is 12.5. The molecule has 0 saturated heterocycles. The lowest BCUT2D eigenvalue weighted by atomic mass is 10.1. The maximum absolute atomic E-state index is 12.5. The first-order valence-electron chi connectivity index (χ1n) is 8.54. The van der Waals surface area contributed by atoms with Gasteiger partial charge in [0.25, 0.3) is 0 Å². The van der Waals surface area contributed by atoms with Crippen molar-refractivity contribution >= 4 is 48.2 Å². The van der Waals surface area contributed by atoms with Gasteiger partial charge in [-0.2, -0.15) is 12.6 Å². The molecule has 4 atom stereocenters. The second-order valence-corrected chi connectivity index (χ2v) is 6.46. The third-order valence-electron chi connectivity index (χ3n) is 3.65. The van der Waals surface area contributed by atoms with Gasteiger partial charge in [0, 0.05) is 12.2 Å². The fraction of sp³-hybridized carbons (Fsp3) is 0.600. The van der Waals surface area contributed by atoms with Crippen molar-refractivity contribution in [1.29, 1.82) is 0 Å². The van der Waals surface area contributed by atoms with Crippen LogP contribution in [0.25, 0.3) is 0 Å². The lowest BCUT2D eigenvalue weighted by Gasteiger charge is -2.24. The van der Waals surface area contributed by atoms with Crippen molar-refractivity contribution in [2.24, 2.45) is 11.5 Å². The summed E-state index contributed by atoms with van der Waals surface area (Å²) in [5.74, 6) is -6.95. The smallest absolute Gasteiger partial charge is 0.328 e. The highest BCUT2D eigenvalue weighted by atomic mass is 32.1. The summed E-state index contributed by atoms with van der Waals surface area (Å²) in [7, 11) is 0. The van der Waals surface area contributed by atoms with E-state index in [0.717, 1.165) is 0 Å². The highest BCUT2D eigenvalue weighted by Gasteiger charge is 2.31. The molecule has 0 spiro atoms. The van der Waals surface area contributed by atoms with E-state index in [0.29, 0.717) is 0 Å². The molecule has 170 valence electrons. The molecule has 4 amide bonds. The van der Waals surface area contributed by atoms with Gasteiger partial charge in [0.15, 0.2) is 0 Å². The monoisotopic (exact) mass is 451 g/mol. The van der Waals surface area contributed by atoms with Gasteiger partial charge in [0.2, 0.25) is 23.6 Å². The van der Waals surface area contributed by atoms with E-state index in [-0.39, 0.29) is 18.6 Å². The number of aliphatic hydroxyl groups excluding tert-OH is 1. The molecule has 0 saturated carbocycles. The van der Waals surface area contributed by atoms with Crippen LogP contribution in [0.4, 0.5) is 0 Å². The fourth-order valence-corrected chi connectivity index (χ4v) is 2.20. The summed E-state index contributed by atoms with van der Waals surface area (Å²) < 4.78 is 0. The number of aliphatic carboxylic acids is 2. The number of carbonyl (C=O) groups excluding carboxylic acids is 4. The molecular formula is C15H25N5O9S. The van der Waals surface area contributed by atoms with Crippen LogP contribution in [-0.2, 0) is 28.8 Å². The molecule has 0 aromatic rings. The Labute approximate surface area is 176 Å². The van der Waals surface area contributed by atoms with Crippen molar-refractivity contribution in [3.8, 4) is 0 Å². The van der Waals surface area contributed by atoms with Crippen LogP contribution in [0.1, 0.15) is 19.3 Å². The van der Waals surface area contributed by atoms with Gasteiger partial charge in [0.1, 0.15) is 18.1 Å². The summed E-state index contributed by atoms with van der Waals surface area (Å²) in [5, 5.41) is 33.0. The van der Waals surface area contributed by atoms with Crippen molar-refractivity contribution < 1.29 is 44.1 Å². The molecule has 14 nitrogen and oxygen atoms in total. The van der Waals surface area contributed by atoms with Gasteiger partial charge in [-0.15, -0.1) is 0 Å². The van der Waals surface area contributed by atoms with E-state index in [1.807, 2.05) is 5.32 Å². The zero-order valence-electron chi connectivity index (χ0n) is 15.7. The van der Waals surface area contributed by atoms with Crippen LogP contribution in [0.2, 0.25) is 0 Å². The Hall–Kier alpha value is -2.91. The van der Waals surface area contributed by atoms with Gasteiger partial charge in [-0.1, -0.05) is 0 Å². The second kappa shape index (κ2) is 13.3. The number of nitrogens with one attached hydrogen (secondary N) is 3. The second-order valence-electron chi connectivity index (χ2n) is 6.10. The van der Waals surface area contributed by atoms with Gasteiger partial charge in [-0.3, -0.25) is 24.0 Å². The number of amides is 4. The topological polar surface area (TPSA) is 251 Å². The minimum Gasteiger partial charge on any atom is -0.481 e. The molecule has 0 aromatic carbocycles. The zero-order chi connectivity index (χ0) is 23.4. The largest absolute Gasteiger partial charge is 0.481 e. The number of hydrogen-bond acceptors (Lipinski definition) is 9. The lowest BCUT2D eigenvalue weighted by molar-refractivity contribution is -0.144. The van der Waals surface area contributed by atoms with Crippen LogP contribution in [0.3, 0.4) is 0 Å². The predicted molar refractivity (Wildman–Crippen MR) is 103 cm³/mol. The molecule has 15 heteroatoms.